The van der Waals surface area contributed by atoms with Gasteiger partial charge in [0.2, 0.25) is 18.6 Å². The van der Waals surface area contributed by atoms with Gasteiger partial charge in [-0.3, -0.25) is 19.3 Å². The van der Waals surface area contributed by atoms with Crippen LogP contribution in [0.4, 0.5) is 4.79 Å². The molecule has 252 valence electrons. The van der Waals surface area contributed by atoms with E-state index in [1.165, 1.54) is 60.8 Å². The van der Waals surface area contributed by atoms with Crippen LogP contribution in [0.5, 0.6) is 0 Å². The first-order valence-corrected chi connectivity index (χ1v) is 17.8. The number of unbranched alkanes of at least 4 members (excludes halogenated alkanes) is 5. The van der Waals surface area contributed by atoms with Gasteiger partial charge in [0, 0.05) is 13.0 Å². The topological polar surface area (TPSA) is 142 Å². The van der Waals surface area contributed by atoms with Crippen molar-refractivity contribution in [2.45, 2.75) is 108 Å². The molecular formula is C34H52N2O8S. The summed E-state index contributed by atoms with van der Waals surface area (Å²) in [6, 6.07) is 8.31. The third-order valence-electron chi connectivity index (χ3n) is 9.21. The zero-order valence-corrected chi connectivity index (χ0v) is 27.8. The van der Waals surface area contributed by atoms with Gasteiger partial charge in [0.1, 0.15) is 0 Å². The third kappa shape index (κ3) is 11.6. The van der Waals surface area contributed by atoms with Crippen LogP contribution in [0.2, 0.25) is 0 Å². The molecule has 11 heteroatoms. The number of carbonyl (C=O) groups excluding carboxylic acids is 4. The first kappa shape index (κ1) is 36.8. The molecule has 0 spiro atoms. The maximum atomic E-state index is 12.6. The van der Waals surface area contributed by atoms with E-state index in [1.807, 2.05) is 18.4 Å². The van der Waals surface area contributed by atoms with Crippen molar-refractivity contribution in [1.82, 2.24) is 10.2 Å². The molecule has 2 aliphatic rings. The van der Waals surface area contributed by atoms with Gasteiger partial charge in [-0.2, -0.15) is 11.8 Å². The normalized spacial score (nSPS) is 20.4. The Kier molecular flexibility index (Phi) is 15.7. The van der Waals surface area contributed by atoms with Crippen LogP contribution >= 0.6 is 11.8 Å². The number of ether oxygens (including phenoxy) is 2. The molecule has 1 aliphatic carbocycles. The van der Waals surface area contributed by atoms with Gasteiger partial charge >= 0.3 is 12.1 Å². The lowest BCUT2D eigenvalue weighted by Gasteiger charge is -2.31. The highest BCUT2D eigenvalue weighted by atomic mass is 32.2. The van der Waals surface area contributed by atoms with Crippen molar-refractivity contribution >= 4 is 35.6 Å². The van der Waals surface area contributed by atoms with Crippen molar-refractivity contribution in [3.8, 4) is 0 Å². The minimum absolute atomic E-state index is 0.122. The number of aryl methyl sites for hydroxylation is 2. The Balaban J connectivity index is 1.34. The number of nitrogens with zero attached hydrogens (tertiary/aromatic N) is 1. The molecule has 0 bridgehead atoms. The molecule has 1 saturated carbocycles. The number of carbonyl (C=O) groups is 4. The molecule has 10 nitrogen and oxygen atoms in total. The Bertz CT molecular complexity index is 1090. The second-order valence-corrected chi connectivity index (χ2v) is 13.6. The van der Waals surface area contributed by atoms with E-state index in [0.29, 0.717) is 45.1 Å². The quantitative estimate of drug-likeness (QED) is 0.0837. The van der Waals surface area contributed by atoms with Crippen LogP contribution in [0.25, 0.3) is 0 Å². The first-order valence-electron chi connectivity index (χ1n) is 16.5. The number of esters is 1. The summed E-state index contributed by atoms with van der Waals surface area (Å²) in [7, 11) is 0. The van der Waals surface area contributed by atoms with Gasteiger partial charge in [0.15, 0.2) is 0 Å². The Morgan fingerprint density at radius 2 is 1.56 bits per heavy atom. The summed E-state index contributed by atoms with van der Waals surface area (Å²) < 4.78 is 10.2. The van der Waals surface area contributed by atoms with Crippen LogP contribution in [0.15, 0.2) is 24.3 Å². The van der Waals surface area contributed by atoms with E-state index in [0.717, 1.165) is 12.0 Å². The van der Waals surface area contributed by atoms with Gasteiger partial charge in [0.25, 0.3) is 0 Å². The molecule has 0 aromatic heterocycles. The molecular weight excluding hydrogens is 596 g/mol. The monoisotopic (exact) mass is 648 g/mol. The maximum Gasteiger partial charge on any atom is 0.410 e. The molecule has 3 amide bonds. The number of aliphatic hydroxyl groups excluding tert-OH is 2. The Labute approximate surface area is 272 Å². The minimum atomic E-state index is -1.29. The molecule has 2 fully saturated rings. The number of alkyl carbamates (subject to hydrolysis) is 1. The number of aliphatic hydroxyl groups is 2. The highest BCUT2D eigenvalue weighted by Crippen LogP contribution is 2.32. The van der Waals surface area contributed by atoms with Gasteiger partial charge in [-0.15, -0.1) is 0 Å². The smallest absolute Gasteiger partial charge is 0.410 e. The molecule has 1 atom stereocenters. The zero-order valence-electron chi connectivity index (χ0n) is 27.0. The third-order valence-corrected chi connectivity index (χ3v) is 10.1. The molecule has 1 aromatic rings. The summed E-state index contributed by atoms with van der Waals surface area (Å²) in [5.74, 6) is -0.910. The lowest BCUT2D eigenvalue weighted by molar-refractivity contribution is -0.158. The van der Waals surface area contributed by atoms with E-state index in [4.69, 9.17) is 9.47 Å². The number of hydrogen-bond donors (Lipinski definition) is 3. The van der Waals surface area contributed by atoms with Gasteiger partial charge in [0.05, 0.1) is 29.9 Å². The number of amides is 3. The fourth-order valence-electron chi connectivity index (χ4n) is 6.09. The maximum absolute atomic E-state index is 12.6. The second kappa shape index (κ2) is 19.1. The molecule has 1 aliphatic heterocycles. The Hall–Kier alpha value is -2.63. The van der Waals surface area contributed by atoms with Gasteiger partial charge in [-0.25, -0.2) is 4.79 Å². The molecule has 3 rings (SSSR count). The van der Waals surface area contributed by atoms with Crippen LogP contribution in [-0.4, -0.2) is 82.6 Å². The summed E-state index contributed by atoms with van der Waals surface area (Å²) in [6.45, 7) is 1.07. The van der Waals surface area contributed by atoms with E-state index < -0.39 is 37.6 Å². The molecule has 1 heterocycles. The summed E-state index contributed by atoms with van der Waals surface area (Å²) in [5, 5.41) is 22.3. The van der Waals surface area contributed by atoms with Crippen molar-refractivity contribution < 1.29 is 38.9 Å². The van der Waals surface area contributed by atoms with E-state index in [2.05, 4.69) is 24.4 Å². The summed E-state index contributed by atoms with van der Waals surface area (Å²) in [4.78, 5) is 51.0. The molecule has 1 unspecified atom stereocenters. The molecule has 1 aromatic carbocycles. The van der Waals surface area contributed by atoms with Crippen LogP contribution in [0.1, 0.15) is 95.1 Å². The molecule has 45 heavy (non-hydrogen) atoms. The lowest BCUT2D eigenvalue weighted by atomic mass is 9.82. The average Bonchev–Trinajstić information content (AvgIpc) is 3.33. The number of thioether (sulfide) groups is 1. The van der Waals surface area contributed by atoms with E-state index in [-0.39, 0.29) is 35.3 Å². The number of nitrogens with one attached hydrogen (secondary N) is 1. The van der Waals surface area contributed by atoms with Crippen molar-refractivity contribution in [3.63, 3.8) is 0 Å². The van der Waals surface area contributed by atoms with Crippen LogP contribution in [0, 0.1) is 11.8 Å². The highest BCUT2D eigenvalue weighted by molar-refractivity contribution is 8.00. The molecule has 1 saturated heterocycles. The fourth-order valence-corrected chi connectivity index (χ4v) is 6.73. The summed E-state index contributed by atoms with van der Waals surface area (Å²) in [5.41, 5.74) is 1.04. The summed E-state index contributed by atoms with van der Waals surface area (Å²) >= 11 is 1.40. The van der Waals surface area contributed by atoms with Crippen LogP contribution < -0.4 is 5.32 Å². The standard InChI is InChI=1S/C34H52N2O8S/c1-3-4-5-6-7-8-9-25-10-12-26(13-11-25)18-19-34(22-37,23-38)35-33(42)44-24-43-32(41)28-16-14-27(15-17-28)21-36-30(39)20-29(45-2)31(36)40/h10-13,27-29,37-38H,3-9,14-24H2,1-2H3,(H,35,42). The first-order chi connectivity index (χ1) is 21.7. The molecule has 0 radical (unpaired) electrons. The number of imide groups is 1. The van der Waals surface area contributed by atoms with Crippen LogP contribution in [-0.2, 0) is 36.7 Å². The van der Waals surface area contributed by atoms with E-state index in [9.17, 15) is 29.4 Å². The minimum Gasteiger partial charge on any atom is -0.428 e. The number of likely N-dealkylation sites (tertiary alicyclic amines) is 1. The van der Waals surface area contributed by atoms with Crippen molar-refractivity contribution in [3.05, 3.63) is 35.4 Å². The zero-order chi connectivity index (χ0) is 32.7. The van der Waals surface area contributed by atoms with Crippen molar-refractivity contribution in [2.75, 3.05) is 32.8 Å². The Morgan fingerprint density at radius 1 is 0.933 bits per heavy atom. The predicted molar refractivity (Wildman–Crippen MR) is 173 cm³/mol. The van der Waals surface area contributed by atoms with Gasteiger partial charge in [-0.05, 0) is 74.7 Å². The van der Waals surface area contributed by atoms with E-state index >= 15 is 0 Å². The lowest BCUT2D eigenvalue weighted by Crippen LogP contribution is -2.54. The number of hydrogen-bond acceptors (Lipinski definition) is 9. The van der Waals surface area contributed by atoms with Crippen molar-refractivity contribution in [2.24, 2.45) is 11.8 Å². The largest absolute Gasteiger partial charge is 0.428 e. The SMILES string of the molecule is CCCCCCCCc1ccc(CCC(CO)(CO)NC(=O)OCOC(=O)C2CCC(CN3C(=O)CC(SC)C3=O)CC2)cc1. The highest BCUT2D eigenvalue weighted by Gasteiger charge is 2.40. The average molecular weight is 649 g/mol. The molecule has 3 N–H and O–H groups in total. The predicted octanol–water partition coefficient (Wildman–Crippen LogP) is 4.77. The number of rotatable bonds is 19. The summed E-state index contributed by atoms with van der Waals surface area (Å²) in [6.07, 6.45) is 13.1. The Morgan fingerprint density at radius 3 is 2.16 bits per heavy atom. The second-order valence-electron chi connectivity index (χ2n) is 12.6. The van der Waals surface area contributed by atoms with Crippen LogP contribution in [0.3, 0.4) is 0 Å². The van der Waals surface area contributed by atoms with E-state index in [1.54, 1.807) is 0 Å². The van der Waals surface area contributed by atoms with Crippen molar-refractivity contribution in [1.29, 1.82) is 0 Å². The van der Waals surface area contributed by atoms with Gasteiger partial charge < -0.3 is 25.0 Å². The van der Waals surface area contributed by atoms with Gasteiger partial charge in [-0.1, -0.05) is 63.3 Å². The number of benzene rings is 1. The fraction of sp³-hybridized carbons (Fsp3) is 0.706.